The predicted octanol–water partition coefficient (Wildman–Crippen LogP) is 2.00. The molecule has 0 spiro atoms. The monoisotopic (exact) mass is 187 g/mol. The molecule has 0 radical (unpaired) electrons. The van der Waals surface area contributed by atoms with Gasteiger partial charge in [-0.3, -0.25) is 0 Å². The predicted molar refractivity (Wildman–Crippen MR) is 49.1 cm³/mol. The van der Waals surface area contributed by atoms with Crippen molar-refractivity contribution in [3.63, 3.8) is 0 Å². The summed E-state index contributed by atoms with van der Waals surface area (Å²) in [5, 5.41) is 0. The van der Waals surface area contributed by atoms with Gasteiger partial charge in [0.25, 0.3) is 0 Å². The van der Waals surface area contributed by atoms with Crippen LogP contribution in [0.2, 0.25) is 0 Å². The summed E-state index contributed by atoms with van der Waals surface area (Å²) < 4.78 is 13.5. The number of alkyl halides is 1. The number of benzene rings is 1. The smallest absolute Gasteiger partial charge is 0.152 e. The Morgan fingerprint density at radius 3 is 2.25 bits per heavy atom. The molecule has 0 amide bonds. The molecule has 66 valence electrons. The maximum Gasteiger partial charge on any atom is 0.152 e. The zero-order chi connectivity index (χ0) is 7.90. The summed E-state index contributed by atoms with van der Waals surface area (Å²) in [6.07, 6.45) is 0.469. The second-order valence-corrected chi connectivity index (χ2v) is 3.04. The number of hydrogen-bond donors (Lipinski definition) is 1. The van der Waals surface area contributed by atoms with Gasteiger partial charge in [-0.05, 0) is 5.56 Å². The van der Waals surface area contributed by atoms with E-state index < -0.39 is 5.67 Å². The van der Waals surface area contributed by atoms with Crippen molar-refractivity contribution in [2.45, 2.75) is 18.1 Å². The van der Waals surface area contributed by atoms with Crippen LogP contribution >= 0.6 is 12.4 Å². The van der Waals surface area contributed by atoms with E-state index in [-0.39, 0.29) is 18.4 Å². The summed E-state index contributed by atoms with van der Waals surface area (Å²) in [4.78, 5) is 0. The molecule has 2 atom stereocenters. The molecule has 2 rings (SSSR count). The normalized spacial score (nSPS) is 32.3. The minimum atomic E-state index is -1.22. The third kappa shape index (κ3) is 1.32. The summed E-state index contributed by atoms with van der Waals surface area (Å²) in [6.45, 7) is 0. The van der Waals surface area contributed by atoms with Crippen molar-refractivity contribution in [1.29, 1.82) is 0 Å². The number of hydrogen-bond acceptors (Lipinski definition) is 1. The van der Waals surface area contributed by atoms with Gasteiger partial charge >= 0.3 is 0 Å². The Kier molecular flexibility index (Phi) is 2.40. The quantitative estimate of drug-likeness (QED) is 0.715. The molecule has 0 aliphatic heterocycles. The van der Waals surface area contributed by atoms with Gasteiger partial charge in [0, 0.05) is 12.5 Å². The van der Waals surface area contributed by atoms with Gasteiger partial charge in [-0.1, -0.05) is 30.3 Å². The second kappa shape index (κ2) is 3.04. The molecule has 1 nitrogen and oxygen atoms in total. The van der Waals surface area contributed by atoms with Gasteiger partial charge in [0.05, 0.1) is 0 Å². The summed E-state index contributed by atoms with van der Waals surface area (Å²) in [7, 11) is 0. The average Bonchev–Trinajstić information content (AvgIpc) is 2.64. The molecular formula is C9H11ClFN. The zero-order valence-corrected chi connectivity index (χ0v) is 7.35. The summed E-state index contributed by atoms with van der Waals surface area (Å²) in [6, 6.07) is 8.83. The van der Waals surface area contributed by atoms with E-state index in [9.17, 15) is 4.39 Å². The van der Waals surface area contributed by atoms with Gasteiger partial charge in [-0.25, -0.2) is 4.39 Å². The van der Waals surface area contributed by atoms with Crippen LogP contribution in [0.4, 0.5) is 4.39 Å². The molecule has 1 aliphatic carbocycles. The van der Waals surface area contributed by atoms with Crippen molar-refractivity contribution in [2.24, 2.45) is 5.73 Å². The van der Waals surface area contributed by atoms with Gasteiger partial charge in [-0.2, -0.15) is 0 Å². The first-order valence-corrected chi connectivity index (χ1v) is 3.73. The Labute approximate surface area is 77.2 Å². The molecule has 0 bridgehead atoms. The molecule has 12 heavy (non-hydrogen) atoms. The van der Waals surface area contributed by atoms with Crippen LogP contribution in [0.15, 0.2) is 30.3 Å². The standard InChI is InChI=1S/C9H10FN.ClH/c10-9(6-8(9)11)7-4-2-1-3-5-7;/h1-5,8H,6,11H2;1H/t8-,9-;/m1./s1. The first-order valence-electron chi connectivity index (χ1n) is 3.73. The Morgan fingerprint density at radius 2 is 1.83 bits per heavy atom. The van der Waals surface area contributed by atoms with Gasteiger partial charge < -0.3 is 5.73 Å². The van der Waals surface area contributed by atoms with Crippen molar-refractivity contribution in [3.8, 4) is 0 Å². The molecule has 1 fully saturated rings. The van der Waals surface area contributed by atoms with Crippen LogP contribution in [0.25, 0.3) is 0 Å². The van der Waals surface area contributed by atoms with E-state index >= 15 is 0 Å². The highest BCUT2D eigenvalue weighted by atomic mass is 35.5. The molecule has 3 heteroatoms. The lowest BCUT2D eigenvalue weighted by Gasteiger charge is -2.04. The molecule has 2 N–H and O–H groups in total. The highest BCUT2D eigenvalue weighted by Crippen LogP contribution is 2.48. The Morgan fingerprint density at radius 1 is 1.33 bits per heavy atom. The van der Waals surface area contributed by atoms with Crippen LogP contribution < -0.4 is 5.73 Å². The van der Waals surface area contributed by atoms with E-state index in [1.807, 2.05) is 18.2 Å². The van der Waals surface area contributed by atoms with E-state index in [1.165, 1.54) is 0 Å². The van der Waals surface area contributed by atoms with Crippen molar-refractivity contribution >= 4 is 12.4 Å². The van der Waals surface area contributed by atoms with Crippen LogP contribution in [-0.2, 0) is 5.67 Å². The molecule has 0 saturated heterocycles. The third-order valence-corrected chi connectivity index (χ3v) is 2.20. The Bertz CT molecular complexity index is 264. The molecule has 1 aliphatic rings. The highest BCUT2D eigenvalue weighted by molar-refractivity contribution is 5.85. The molecule has 1 saturated carbocycles. The van der Waals surface area contributed by atoms with Gasteiger partial charge in [0.2, 0.25) is 0 Å². The molecule has 1 aromatic carbocycles. The lowest BCUT2D eigenvalue weighted by atomic mass is 10.1. The molecule has 1 aromatic rings. The van der Waals surface area contributed by atoms with E-state index in [0.717, 1.165) is 0 Å². The van der Waals surface area contributed by atoms with Crippen molar-refractivity contribution in [1.82, 2.24) is 0 Å². The largest absolute Gasteiger partial charge is 0.325 e. The average molecular weight is 188 g/mol. The van der Waals surface area contributed by atoms with Gasteiger partial charge in [0.15, 0.2) is 5.67 Å². The van der Waals surface area contributed by atoms with E-state index in [0.29, 0.717) is 12.0 Å². The molecular weight excluding hydrogens is 177 g/mol. The maximum atomic E-state index is 13.5. The summed E-state index contributed by atoms with van der Waals surface area (Å²) in [5.74, 6) is 0. The number of rotatable bonds is 1. The zero-order valence-electron chi connectivity index (χ0n) is 6.53. The fourth-order valence-corrected chi connectivity index (χ4v) is 1.31. The van der Waals surface area contributed by atoms with Crippen LogP contribution in [-0.4, -0.2) is 6.04 Å². The lowest BCUT2D eigenvalue weighted by Crippen LogP contribution is -2.12. The van der Waals surface area contributed by atoms with E-state index in [4.69, 9.17) is 5.73 Å². The minimum Gasteiger partial charge on any atom is -0.325 e. The van der Waals surface area contributed by atoms with E-state index in [2.05, 4.69) is 0 Å². The van der Waals surface area contributed by atoms with Crippen LogP contribution in [0.3, 0.4) is 0 Å². The summed E-state index contributed by atoms with van der Waals surface area (Å²) in [5.41, 5.74) is 4.95. The van der Waals surface area contributed by atoms with Crippen LogP contribution in [0.5, 0.6) is 0 Å². The topological polar surface area (TPSA) is 26.0 Å². The minimum absolute atomic E-state index is 0. The SMILES string of the molecule is Cl.N[C@@H]1C[C@@]1(F)c1ccccc1. The first kappa shape index (κ1) is 9.49. The number of halogens is 2. The molecule has 0 heterocycles. The lowest BCUT2D eigenvalue weighted by molar-refractivity contribution is 0.306. The Balaban J connectivity index is 0.000000720. The summed E-state index contributed by atoms with van der Waals surface area (Å²) >= 11 is 0. The highest BCUT2D eigenvalue weighted by Gasteiger charge is 2.54. The van der Waals surface area contributed by atoms with Crippen LogP contribution in [0.1, 0.15) is 12.0 Å². The van der Waals surface area contributed by atoms with Gasteiger partial charge in [0.1, 0.15) is 0 Å². The van der Waals surface area contributed by atoms with Crippen molar-refractivity contribution in [3.05, 3.63) is 35.9 Å². The van der Waals surface area contributed by atoms with E-state index in [1.54, 1.807) is 12.1 Å². The fourth-order valence-electron chi connectivity index (χ4n) is 1.31. The first-order chi connectivity index (χ1) is 5.23. The van der Waals surface area contributed by atoms with Crippen molar-refractivity contribution in [2.75, 3.05) is 0 Å². The molecule has 0 aromatic heterocycles. The van der Waals surface area contributed by atoms with Gasteiger partial charge in [-0.15, -0.1) is 12.4 Å². The molecule has 0 unspecified atom stereocenters. The second-order valence-electron chi connectivity index (χ2n) is 3.04. The van der Waals surface area contributed by atoms with Crippen molar-refractivity contribution < 1.29 is 4.39 Å². The number of nitrogens with two attached hydrogens (primary N) is 1. The fraction of sp³-hybridized carbons (Fsp3) is 0.333. The maximum absolute atomic E-state index is 13.5. The Hall–Kier alpha value is -0.600. The van der Waals surface area contributed by atoms with Crippen LogP contribution in [0, 0.1) is 0 Å². The third-order valence-electron chi connectivity index (χ3n) is 2.20.